The highest BCUT2D eigenvalue weighted by Gasteiger charge is 2.67. The first-order valence-corrected chi connectivity index (χ1v) is 17.3. The Morgan fingerprint density at radius 2 is 1.49 bits per heavy atom. The largest absolute Gasteiger partial charge is 0.481 e. The van der Waals surface area contributed by atoms with Crippen molar-refractivity contribution in [1.29, 1.82) is 0 Å². The van der Waals surface area contributed by atoms with Gasteiger partial charge < -0.3 is 39.7 Å². The number of rotatable bonds is 13. The van der Waals surface area contributed by atoms with Crippen molar-refractivity contribution < 1.29 is 49.3 Å². The molecule has 0 bridgehead atoms. The van der Waals surface area contributed by atoms with Gasteiger partial charge in [0.1, 0.15) is 17.3 Å². The second-order valence-electron chi connectivity index (χ2n) is 15.5. The third-order valence-corrected chi connectivity index (χ3v) is 12.1. The molecule has 0 aromatic rings. The zero-order valence-corrected chi connectivity index (χ0v) is 29.4. The van der Waals surface area contributed by atoms with Gasteiger partial charge in [0.25, 0.3) is 0 Å². The van der Waals surface area contributed by atoms with Crippen molar-refractivity contribution in [3.05, 3.63) is 0 Å². The standard InChI is InChI=1S/C35H62O10/c1-12-14-33(25(10)36)17-21(6)35(42,45-33)32(11)16-19(4)30(43-32)26(13-2)28(38)22(7)27(37)23(8)29-18(3)15-20(5)34(41,44-29)24(9)31(39)40/h18-27,29-30,36-37,41-42H,12-17H2,1-11H3,(H,39,40). The summed E-state index contributed by atoms with van der Waals surface area (Å²) in [7, 11) is 0. The summed E-state index contributed by atoms with van der Waals surface area (Å²) in [5, 5.41) is 55.2. The van der Waals surface area contributed by atoms with Crippen LogP contribution in [0.1, 0.15) is 115 Å². The fourth-order valence-corrected chi connectivity index (χ4v) is 9.08. The molecule has 0 aliphatic carbocycles. The summed E-state index contributed by atoms with van der Waals surface area (Å²) in [6, 6.07) is 0. The molecule has 3 aliphatic heterocycles. The van der Waals surface area contributed by atoms with E-state index >= 15 is 0 Å². The van der Waals surface area contributed by atoms with E-state index in [9.17, 15) is 35.1 Å². The fraction of sp³-hybridized carbons (Fsp3) is 0.943. The molecule has 0 aromatic heterocycles. The number of aliphatic hydroxyl groups excluding tert-OH is 2. The minimum Gasteiger partial charge on any atom is -0.481 e. The van der Waals surface area contributed by atoms with Crippen LogP contribution in [0.15, 0.2) is 0 Å². The van der Waals surface area contributed by atoms with E-state index < -0.39 is 82.8 Å². The normalized spacial score (nSPS) is 44.6. The van der Waals surface area contributed by atoms with Gasteiger partial charge in [0.2, 0.25) is 0 Å². The Morgan fingerprint density at radius 1 is 0.889 bits per heavy atom. The molecule has 3 fully saturated rings. The molecule has 3 saturated heterocycles. The van der Waals surface area contributed by atoms with E-state index in [1.54, 1.807) is 27.7 Å². The summed E-state index contributed by atoms with van der Waals surface area (Å²) in [5.41, 5.74) is -1.99. The third kappa shape index (κ3) is 6.63. The second-order valence-corrected chi connectivity index (χ2v) is 15.5. The minimum atomic E-state index is -1.89. The number of carbonyl (C=O) groups excluding carboxylic acids is 1. The number of carboxylic acid groups (broad SMARTS) is 1. The number of carboxylic acids is 1. The van der Waals surface area contributed by atoms with Crippen molar-refractivity contribution in [3.8, 4) is 0 Å². The monoisotopic (exact) mass is 642 g/mol. The van der Waals surface area contributed by atoms with Crippen molar-refractivity contribution in [2.24, 2.45) is 47.3 Å². The van der Waals surface area contributed by atoms with Crippen molar-refractivity contribution in [2.75, 3.05) is 0 Å². The highest BCUT2D eigenvalue weighted by molar-refractivity contribution is 5.84. The zero-order chi connectivity index (χ0) is 34.4. The Morgan fingerprint density at radius 3 is 2.00 bits per heavy atom. The molecule has 3 rings (SSSR count). The SMILES string of the molecule is CCCC1(C(C)O)CC(C)C(O)(C2(C)CC(C)C(C(CC)C(=O)C(C)C(O)C(C)C3OC(O)(C(C)C(=O)O)C(C)CC3C)O2)O1. The number of hydrogen-bond donors (Lipinski definition) is 5. The van der Waals surface area contributed by atoms with Crippen LogP contribution < -0.4 is 0 Å². The molecule has 0 spiro atoms. The molecular weight excluding hydrogens is 580 g/mol. The molecule has 0 radical (unpaired) electrons. The van der Waals surface area contributed by atoms with E-state index in [2.05, 4.69) is 0 Å². The highest BCUT2D eigenvalue weighted by atomic mass is 16.7. The smallest absolute Gasteiger partial charge is 0.311 e. The predicted octanol–water partition coefficient (Wildman–Crippen LogP) is 4.53. The van der Waals surface area contributed by atoms with Crippen LogP contribution in [0.5, 0.6) is 0 Å². The first-order valence-electron chi connectivity index (χ1n) is 17.3. The molecule has 0 amide bonds. The molecule has 45 heavy (non-hydrogen) atoms. The molecule has 0 aromatic carbocycles. The van der Waals surface area contributed by atoms with Gasteiger partial charge in [-0.05, 0) is 64.7 Å². The Hall–Kier alpha value is -1.14. The maximum Gasteiger partial charge on any atom is 0.311 e. The number of carbonyl (C=O) groups is 2. The predicted molar refractivity (Wildman–Crippen MR) is 169 cm³/mol. The lowest BCUT2D eigenvalue weighted by Crippen LogP contribution is -2.58. The molecular formula is C35H62O10. The lowest BCUT2D eigenvalue weighted by molar-refractivity contribution is -0.332. The second kappa shape index (κ2) is 13.8. The van der Waals surface area contributed by atoms with Crippen molar-refractivity contribution >= 4 is 11.8 Å². The number of ether oxygens (including phenoxy) is 3. The van der Waals surface area contributed by atoms with E-state index in [1.807, 2.05) is 41.5 Å². The van der Waals surface area contributed by atoms with Gasteiger partial charge in [0.05, 0.1) is 30.0 Å². The minimum absolute atomic E-state index is 0.0790. The van der Waals surface area contributed by atoms with Gasteiger partial charge in [-0.2, -0.15) is 0 Å². The van der Waals surface area contributed by atoms with Crippen LogP contribution in [0, 0.1) is 47.3 Å². The summed E-state index contributed by atoms with van der Waals surface area (Å²) in [6.07, 6.45) is 0.275. The summed E-state index contributed by atoms with van der Waals surface area (Å²) < 4.78 is 19.2. The first-order chi connectivity index (χ1) is 20.7. The summed E-state index contributed by atoms with van der Waals surface area (Å²) >= 11 is 0. The van der Waals surface area contributed by atoms with Gasteiger partial charge in [-0.1, -0.05) is 61.8 Å². The van der Waals surface area contributed by atoms with E-state index in [4.69, 9.17) is 14.2 Å². The highest BCUT2D eigenvalue weighted by Crippen LogP contribution is 2.56. The molecule has 5 N–H and O–H groups in total. The number of Topliss-reactive ketones (excluding diaryl/α,β-unsaturated/α-hetero) is 1. The van der Waals surface area contributed by atoms with Crippen LogP contribution in [0.2, 0.25) is 0 Å². The topological polar surface area (TPSA) is 163 Å². The molecule has 10 heteroatoms. The molecule has 10 nitrogen and oxygen atoms in total. The Bertz CT molecular complexity index is 1050. The van der Waals surface area contributed by atoms with Crippen LogP contribution in [-0.4, -0.2) is 84.5 Å². The van der Waals surface area contributed by atoms with Crippen molar-refractivity contribution in [3.63, 3.8) is 0 Å². The van der Waals surface area contributed by atoms with E-state index in [0.717, 1.165) is 6.42 Å². The van der Waals surface area contributed by atoms with Gasteiger partial charge in [-0.25, -0.2) is 0 Å². The molecule has 0 saturated carbocycles. The quantitative estimate of drug-likeness (QED) is 0.193. The van der Waals surface area contributed by atoms with Gasteiger partial charge in [0, 0.05) is 29.6 Å². The average molecular weight is 643 g/mol. The Kier molecular flexibility index (Phi) is 11.7. The van der Waals surface area contributed by atoms with Gasteiger partial charge in [0.15, 0.2) is 11.6 Å². The molecule has 16 unspecified atom stereocenters. The van der Waals surface area contributed by atoms with Crippen LogP contribution in [0.3, 0.4) is 0 Å². The van der Waals surface area contributed by atoms with Crippen LogP contribution in [0.25, 0.3) is 0 Å². The summed E-state index contributed by atoms with van der Waals surface area (Å²) in [6.45, 7) is 20.0. The third-order valence-electron chi connectivity index (χ3n) is 12.1. The molecule has 262 valence electrons. The van der Waals surface area contributed by atoms with Crippen molar-refractivity contribution in [1.82, 2.24) is 0 Å². The zero-order valence-electron chi connectivity index (χ0n) is 29.4. The maximum absolute atomic E-state index is 14.1. The fourth-order valence-electron chi connectivity index (χ4n) is 9.08. The molecule has 3 heterocycles. The number of hydrogen-bond acceptors (Lipinski definition) is 9. The molecule has 3 aliphatic rings. The lowest BCUT2D eigenvalue weighted by Gasteiger charge is -2.49. The number of ketones is 1. The van der Waals surface area contributed by atoms with E-state index in [-0.39, 0.29) is 23.5 Å². The first kappa shape index (κ1) is 38.3. The van der Waals surface area contributed by atoms with Gasteiger partial charge in [-0.15, -0.1) is 0 Å². The summed E-state index contributed by atoms with van der Waals surface area (Å²) in [5.74, 6) is -8.84. The van der Waals surface area contributed by atoms with Crippen molar-refractivity contribution in [2.45, 2.75) is 162 Å². The molecule has 16 atom stereocenters. The lowest BCUT2D eigenvalue weighted by atomic mass is 9.72. The Balaban J connectivity index is 1.80. The van der Waals surface area contributed by atoms with Gasteiger partial charge >= 0.3 is 5.97 Å². The van der Waals surface area contributed by atoms with Gasteiger partial charge in [-0.3, -0.25) is 9.59 Å². The van der Waals surface area contributed by atoms with E-state index in [0.29, 0.717) is 32.1 Å². The van der Waals surface area contributed by atoms with Crippen LogP contribution >= 0.6 is 0 Å². The van der Waals surface area contributed by atoms with Crippen LogP contribution in [-0.2, 0) is 23.8 Å². The maximum atomic E-state index is 14.1. The van der Waals surface area contributed by atoms with E-state index in [1.165, 1.54) is 6.92 Å². The average Bonchev–Trinajstić information content (AvgIpc) is 3.43. The van der Waals surface area contributed by atoms with Crippen LogP contribution in [0.4, 0.5) is 0 Å². The number of aliphatic hydroxyl groups is 4. The summed E-state index contributed by atoms with van der Waals surface area (Å²) in [4.78, 5) is 25.9. The number of aliphatic carboxylic acids is 1. The Labute approximate surface area is 270 Å².